The third-order valence-corrected chi connectivity index (χ3v) is 2.71. The fourth-order valence-electron chi connectivity index (χ4n) is 1.67. The highest BCUT2D eigenvalue weighted by atomic mass is 35.5. The van der Waals surface area contributed by atoms with Gasteiger partial charge in [0.05, 0.1) is 5.92 Å². The van der Waals surface area contributed by atoms with Crippen molar-refractivity contribution < 1.29 is 14.7 Å². The number of halogens is 1. The van der Waals surface area contributed by atoms with Crippen LogP contribution in [-0.4, -0.2) is 16.9 Å². The van der Waals surface area contributed by atoms with Crippen LogP contribution in [0.4, 0.5) is 0 Å². The monoisotopic (exact) mass is 240 g/mol. The van der Waals surface area contributed by atoms with E-state index in [0.717, 1.165) is 0 Å². The summed E-state index contributed by atoms with van der Waals surface area (Å²) < 4.78 is 0. The lowest BCUT2D eigenvalue weighted by Crippen LogP contribution is -2.14. The Morgan fingerprint density at radius 3 is 2.50 bits per heavy atom. The van der Waals surface area contributed by atoms with E-state index in [1.807, 2.05) is 0 Å². The molecule has 0 saturated heterocycles. The molecule has 1 atom stereocenters. The van der Waals surface area contributed by atoms with Gasteiger partial charge in [-0.1, -0.05) is 18.5 Å². The van der Waals surface area contributed by atoms with Gasteiger partial charge in [-0.05, 0) is 37.1 Å². The van der Waals surface area contributed by atoms with Crippen molar-refractivity contribution in [1.82, 2.24) is 0 Å². The summed E-state index contributed by atoms with van der Waals surface area (Å²) in [7, 11) is 0. The Bertz CT molecular complexity index is 426. The minimum absolute atomic E-state index is 0.147. The molecule has 86 valence electrons. The molecule has 0 saturated carbocycles. The molecule has 0 radical (unpaired) electrons. The molecule has 0 aliphatic rings. The zero-order chi connectivity index (χ0) is 12.3. The summed E-state index contributed by atoms with van der Waals surface area (Å²) in [5, 5.41) is 9.51. The lowest BCUT2D eigenvalue weighted by Gasteiger charge is -2.14. The molecule has 0 aliphatic heterocycles. The maximum Gasteiger partial charge on any atom is 0.310 e. The van der Waals surface area contributed by atoms with Crippen LogP contribution in [0, 0.1) is 0 Å². The number of Topliss-reactive ketones (excluding diaryl/α,β-unsaturated/α-hetero) is 1. The van der Waals surface area contributed by atoms with E-state index in [2.05, 4.69) is 0 Å². The molecule has 0 bridgehead atoms. The van der Waals surface area contributed by atoms with Crippen molar-refractivity contribution in [3.63, 3.8) is 0 Å². The molecule has 4 heteroatoms. The molecule has 1 unspecified atom stereocenters. The molecule has 1 aromatic rings. The average molecular weight is 241 g/mol. The van der Waals surface area contributed by atoms with Gasteiger partial charge in [0.25, 0.3) is 0 Å². The van der Waals surface area contributed by atoms with Gasteiger partial charge in [-0.3, -0.25) is 9.59 Å². The van der Waals surface area contributed by atoms with Gasteiger partial charge in [-0.2, -0.15) is 0 Å². The fourth-order valence-corrected chi connectivity index (χ4v) is 1.85. The van der Waals surface area contributed by atoms with E-state index in [1.54, 1.807) is 25.1 Å². The largest absolute Gasteiger partial charge is 0.481 e. The summed E-state index contributed by atoms with van der Waals surface area (Å²) in [5.41, 5.74) is 0.925. The van der Waals surface area contributed by atoms with Crippen molar-refractivity contribution in [2.75, 3.05) is 0 Å². The number of carbonyl (C=O) groups excluding carboxylic acids is 1. The second kappa shape index (κ2) is 5.12. The van der Waals surface area contributed by atoms with Gasteiger partial charge in [-0.25, -0.2) is 0 Å². The molecule has 0 fully saturated rings. The van der Waals surface area contributed by atoms with E-state index in [9.17, 15) is 9.59 Å². The molecule has 1 N–H and O–H groups in total. The van der Waals surface area contributed by atoms with Crippen LogP contribution in [0.1, 0.15) is 42.1 Å². The summed E-state index contributed by atoms with van der Waals surface area (Å²) in [4.78, 5) is 22.4. The van der Waals surface area contributed by atoms with Gasteiger partial charge in [-0.15, -0.1) is 0 Å². The predicted octanol–water partition coefficient (Wildman–Crippen LogP) is 3.12. The van der Waals surface area contributed by atoms with E-state index in [4.69, 9.17) is 16.7 Å². The van der Waals surface area contributed by atoms with E-state index < -0.39 is 11.9 Å². The van der Waals surface area contributed by atoms with Crippen molar-refractivity contribution in [3.05, 3.63) is 34.3 Å². The minimum Gasteiger partial charge on any atom is -0.481 e. The van der Waals surface area contributed by atoms with Gasteiger partial charge in [0.1, 0.15) is 0 Å². The first-order valence-electron chi connectivity index (χ1n) is 5.00. The molecule has 1 rings (SSSR count). The number of rotatable bonds is 4. The SMILES string of the molecule is CCC(C(=O)O)c1cc(Cl)ccc1C(C)=O. The lowest BCUT2D eigenvalue weighted by atomic mass is 9.91. The van der Waals surface area contributed by atoms with Crippen LogP contribution in [0.25, 0.3) is 0 Å². The molecule has 0 amide bonds. The first-order valence-corrected chi connectivity index (χ1v) is 5.38. The number of hydrogen-bond donors (Lipinski definition) is 1. The third-order valence-electron chi connectivity index (χ3n) is 2.47. The summed E-state index contributed by atoms with van der Waals surface area (Å²) in [6, 6.07) is 4.72. The first-order chi connectivity index (χ1) is 7.47. The Hall–Kier alpha value is -1.35. The Kier molecular flexibility index (Phi) is 4.07. The number of ketones is 1. The summed E-state index contributed by atoms with van der Waals surface area (Å²) in [6.07, 6.45) is 0.427. The molecular weight excluding hydrogens is 228 g/mol. The average Bonchev–Trinajstić information content (AvgIpc) is 2.17. The number of carbonyl (C=O) groups is 2. The number of benzene rings is 1. The normalized spacial score (nSPS) is 12.2. The fraction of sp³-hybridized carbons (Fsp3) is 0.333. The second-order valence-electron chi connectivity index (χ2n) is 3.59. The van der Waals surface area contributed by atoms with E-state index in [0.29, 0.717) is 22.6 Å². The van der Waals surface area contributed by atoms with Crippen molar-refractivity contribution in [2.24, 2.45) is 0 Å². The predicted molar refractivity (Wildman–Crippen MR) is 62.1 cm³/mol. The summed E-state index contributed by atoms with van der Waals surface area (Å²) >= 11 is 5.82. The zero-order valence-electron chi connectivity index (χ0n) is 9.16. The minimum atomic E-state index is -0.938. The van der Waals surface area contributed by atoms with Gasteiger partial charge in [0.2, 0.25) is 0 Å². The Labute approximate surface area is 99.0 Å². The first kappa shape index (κ1) is 12.7. The van der Waals surface area contributed by atoms with Crippen LogP contribution in [0.5, 0.6) is 0 Å². The Balaban J connectivity index is 3.33. The van der Waals surface area contributed by atoms with E-state index >= 15 is 0 Å². The summed E-state index contributed by atoms with van der Waals surface area (Å²) in [5.74, 6) is -1.77. The molecule has 3 nitrogen and oxygen atoms in total. The molecule has 0 heterocycles. The molecule has 0 aromatic heterocycles. The van der Waals surface area contributed by atoms with Crippen LogP contribution >= 0.6 is 11.6 Å². The smallest absolute Gasteiger partial charge is 0.310 e. The Morgan fingerprint density at radius 1 is 1.44 bits per heavy atom. The number of hydrogen-bond acceptors (Lipinski definition) is 2. The number of aliphatic carboxylic acids is 1. The van der Waals surface area contributed by atoms with Gasteiger partial charge >= 0.3 is 5.97 Å². The van der Waals surface area contributed by atoms with Crippen molar-refractivity contribution in [3.8, 4) is 0 Å². The van der Waals surface area contributed by atoms with Crippen molar-refractivity contribution >= 4 is 23.4 Å². The highest BCUT2D eigenvalue weighted by Crippen LogP contribution is 2.27. The molecule has 0 spiro atoms. The maximum atomic E-state index is 11.4. The highest BCUT2D eigenvalue weighted by Gasteiger charge is 2.22. The van der Waals surface area contributed by atoms with Crippen LogP contribution in [0.15, 0.2) is 18.2 Å². The topological polar surface area (TPSA) is 54.4 Å². The van der Waals surface area contributed by atoms with Gasteiger partial charge < -0.3 is 5.11 Å². The third kappa shape index (κ3) is 2.61. The molecule has 1 aromatic carbocycles. The highest BCUT2D eigenvalue weighted by molar-refractivity contribution is 6.30. The quantitative estimate of drug-likeness (QED) is 0.823. The Morgan fingerprint density at radius 2 is 2.06 bits per heavy atom. The van der Waals surface area contributed by atoms with Crippen molar-refractivity contribution in [2.45, 2.75) is 26.2 Å². The van der Waals surface area contributed by atoms with Crippen LogP contribution in [-0.2, 0) is 4.79 Å². The summed E-state index contributed by atoms with van der Waals surface area (Å²) in [6.45, 7) is 3.19. The van der Waals surface area contributed by atoms with Gasteiger partial charge in [0.15, 0.2) is 5.78 Å². The van der Waals surface area contributed by atoms with E-state index in [-0.39, 0.29) is 5.78 Å². The molecule has 16 heavy (non-hydrogen) atoms. The van der Waals surface area contributed by atoms with Gasteiger partial charge in [0, 0.05) is 10.6 Å². The number of carboxylic acid groups (broad SMARTS) is 1. The molecule has 0 aliphatic carbocycles. The lowest BCUT2D eigenvalue weighted by molar-refractivity contribution is -0.138. The second-order valence-corrected chi connectivity index (χ2v) is 4.02. The molecular formula is C12H13ClO3. The van der Waals surface area contributed by atoms with Crippen molar-refractivity contribution in [1.29, 1.82) is 0 Å². The van der Waals surface area contributed by atoms with Crippen LogP contribution in [0.2, 0.25) is 5.02 Å². The maximum absolute atomic E-state index is 11.4. The zero-order valence-corrected chi connectivity index (χ0v) is 9.91. The van der Waals surface area contributed by atoms with Crippen LogP contribution < -0.4 is 0 Å². The van der Waals surface area contributed by atoms with E-state index in [1.165, 1.54) is 6.92 Å². The standard InChI is InChI=1S/C12H13ClO3/c1-3-9(12(15)16)11-6-8(13)4-5-10(11)7(2)14/h4-6,9H,3H2,1-2H3,(H,15,16). The number of carboxylic acids is 1. The van der Waals surface area contributed by atoms with Crippen LogP contribution in [0.3, 0.4) is 0 Å².